The number of aromatic nitrogens is 4. The van der Waals surface area contributed by atoms with Crippen molar-refractivity contribution in [3.63, 3.8) is 0 Å². The quantitative estimate of drug-likeness (QED) is 0.348. The fourth-order valence-corrected chi connectivity index (χ4v) is 3.99. The van der Waals surface area contributed by atoms with E-state index in [1.165, 1.54) is 5.56 Å². The number of benzene rings is 2. The maximum atomic E-state index is 6.13. The van der Waals surface area contributed by atoms with E-state index in [0.29, 0.717) is 28.2 Å². The van der Waals surface area contributed by atoms with Gasteiger partial charge in [0.2, 0.25) is 5.89 Å². The summed E-state index contributed by atoms with van der Waals surface area (Å²) in [6.07, 6.45) is 1.69. The molecule has 0 spiro atoms. The van der Waals surface area contributed by atoms with E-state index < -0.39 is 0 Å². The zero-order valence-electron chi connectivity index (χ0n) is 16.9. The molecule has 0 fully saturated rings. The van der Waals surface area contributed by atoms with Crippen LogP contribution in [0.15, 0.2) is 58.3 Å². The third kappa shape index (κ3) is 4.52. The lowest BCUT2D eigenvalue weighted by molar-refractivity contribution is 0.290. The van der Waals surface area contributed by atoms with E-state index >= 15 is 0 Å². The summed E-state index contributed by atoms with van der Waals surface area (Å²) >= 11 is 7.68. The number of rotatable bonds is 7. The van der Waals surface area contributed by atoms with Gasteiger partial charge in [-0.3, -0.25) is 0 Å². The summed E-state index contributed by atoms with van der Waals surface area (Å²) in [5.74, 6) is 2.60. The first-order valence-electron chi connectivity index (χ1n) is 9.41. The van der Waals surface area contributed by atoms with Gasteiger partial charge in [-0.2, -0.15) is 0 Å². The number of ether oxygens (including phenoxy) is 1. The Labute approximate surface area is 184 Å². The molecule has 0 bridgehead atoms. The lowest BCUT2D eigenvalue weighted by atomic mass is 10.1. The van der Waals surface area contributed by atoms with E-state index in [1.807, 2.05) is 35.9 Å². The zero-order chi connectivity index (χ0) is 21.1. The molecular weight excluding hydrogens is 420 g/mol. The van der Waals surface area contributed by atoms with Crippen molar-refractivity contribution in [2.75, 3.05) is 0 Å². The molecule has 4 aromatic rings. The molecule has 0 aliphatic carbocycles. The van der Waals surface area contributed by atoms with Gasteiger partial charge in [0, 0.05) is 18.4 Å². The van der Waals surface area contributed by atoms with Gasteiger partial charge >= 0.3 is 0 Å². The van der Waals surface area contributed by atoms with E-state index in [1.54, 1.807) is 24.1 Å². The summed E-state index contributed by atoms with van der Waals surface area (Å²) in [7, 11) is 1.91. The van der Waals surface area contributed by atoms with E-state index in [4.69, 9.17) is 20.8 Å². The lowest BCUT2D eigenvalue weighted by Gasteiger charge is -2.07. The number of hydrogen-bond donors (Lipinski definition) is 0. The topological polar surface area (TPSA) is 66.0 Å². The van der Waals surface area contributed by atoms with Crippen molar-refractivity contribution >= 4 is 23.4 Å². The average molecular weight is 441 g/mol. The summed E-state index contributed by atoms with van der Waals surface area (Å²) in [5, 5.41) is 9.84. The van der Waals surface area contributed by atoms with E-state index in [-0.39, 0.29) is 6.61 Å². The number of thioether (sulfide) groups is 1. The number of halogens is 1. The predicted octanol–water partition coefficient (Wildman–Crippen LogP) is 5.61. The van der Waals surface area contributed by atoms with Crippen molar-refractivity contribution in [1.29, 1.82) is 0 Å². The molecule has 0 aliphatic heterocycles. The first-order valence-corrected chi connectivity index (χ1v) is 10.8. The fraction of sp³-hybridized carbons (Fsp3) is 0.227. The zero-order valence-corrected chi connectivity index (χ0v) is 18.5. The Morgan fingerprint density at radius 1 is 1.13 bits per heavy atom. The van der Waals surface area contributed by atoms with Crippen LogP contribution in [-0.4, -0.2) is 19.7 Å². The van der Waals surface area contributed by atoms with Crippen molar-refractivity contribution in [3.8, 4) is 17.2 Å². The van der Waals surface area contributed by atoms with Gasteiger partial charge in [0.15, 0.2) is 11.0 Å². The largest absolute Gasteiger partial charge is 0.484 e. The molecule has 0 radical (unpaired) electrons. The summed E-state index contributed by atoms with van der Waals surface area (Å²) in [6.45, 7) is 4.42. The van der Waals surface area contributed by atoms with E-state index in [2.05, 4.69) is 41.2 Å². The van der Waals surface area contributed by atoms with Gasteiger partial charge in [-0.15, -0.1) is 10.2 Å². The molecule has 8 heteroatoms. The summed E-state index contributed by atoms with van der Waals surface area (Å²) in [5.41, 5.74) is 4.23. The Kier molecular flexibility index (Phi) is 6.11. The predicted molar refractivity (Wildman–Crippen MR) is 118 cm³/mol. The molecule has 2 aromatic carbocycles. The molecule has 154 valence electrons. The normalized spacial score (nSPS) is 11.1. The molecule has 0 amide bonds. The van der Waals surface area contributed by atoms with E-state index in [0.717, 1.165) is 22.0 Å². The van der Waals surface area contributed by atoms with Crippen LogP contribution in [0.3, 0.4) is 0 Å². The highest BCUT2D eigenvalue weighted by Crippen LogP contribution is 2.27. The number of nitrogens with zero attached hydrogens (tertiary/aromatic N) is 4. The highest BCUT2D eigenvalue weighted by molar-refractivity contribution is 7.98. The molecule has 30 heavy (non-hydrogen) atoms. The third-order valence-corrected chi connectivity index (χ3v) is 6.00. The van der Waals surface area contributed by atoms with Crippen molar-refractivity contribution in [2.45, 2.75) is 31.4 Å². The molecule has 6 nitrogen and oxygen atoms in total. The van der Waals surface area contributed by atoms with Gasteiger partial charge in [0.1, 0.15) is 18.6 Å². The van der Waals surface area contributed by atoms with Crippen molar-refractivity contribution in [1.82, 2.24) is 19.7 Å². The first kappa shape index (κ1) is 20.5. The minimum Gasteiger partial charge on any atom is -0.484 e. The molecular formula is C22H21ClN4O2S. The van der Waals surface area contributed by atoms with Crippen LogP contribution in [0, 0.1) is 13.8 Å². The highest BCUT2D eigenvalue weighted by atomic mass is 35.5. The minimum absolute atomic E-state index is 0.286. The lowest BCUT2D eigenvalue weighted by Crippen LogP contribution is -2.04. The van der Waals surface area contributed by atoms with Crippen LogP contribution in [0.25, 0.3) is 11.5 Å². The van der Waals surface area contributed by atoms with Gasteiger partial charge in [-0.25, -0.2) is 4.98 Å². The molecule has 0 atom stereocenters. The number of hydrogen-bond acceptors (Lipinski definition) is 6. The van der Waals surface area contributed by atoms with Gasteiger partial charge < -0.3 is 13.7 Å². The smallest absolute Gasteiger partial charge is 0.226 e. The third-order valence-electron chi connectivity index (χ3n) is 4.63. The standard InChI is InChI=1S/C22H21ClN4O2S/c1-14-8-9-17(15(2)10-14)21-24-16(11-29-21)13-30-22-26-25-20(27(22)3)12-28-19-7-5-4-6-18(19)23/h4-11H,12-13H2,1-3H3. The van der Waals surface area contributed by atoms with Gasteiger partial charge in [-0.05, 0) is 37.6 Å². The maximum Gasteiger partial charge on any atom is 0.226 e. The monoisotopic (exact) mass is 440 g/mol. The highest BCUT2D eigenvalue weighted by Gasteiger charge is 2.14. The number of para-hydroxylation sites is 1. The number of oxazole rings is 1. The van der Waals surface area contributed by atoms with Gasteiger partial charge in [-0.1, -0.05) is 53.2 Å². The molecule has 4 rings (SSSR count). The van der Waals surface area contributed by atoms with Crippen molar-refractivity contribution < 1.29 is 9.15 Å². The average Bonchev–Trinajstić information content (AvgIpc) is 3.33. The van der Waals surface area contributed by atoms with E-state index in [9.17, 15) is 0 Å². The summed E-state index contributed by atoms with van der Waals surface area (Å²) in [4.78, 5) is 4.62. The van der Waals surface area contributed by atoms with Gasteiger partial charge in [0.25, 0.3) is 0 Å². The van der Waals surface area contributed by atoms with Crippen LogP contribution in [-0.2, 0) is 19.4 Å². The van der Waals surface area contributed by atoms with Crippen LogP contribution >= 0.6 is 23.4 Å². The SMILES string of the molecule is Cc1ccc(-c2nc(CSc3nnc(COc4ccccc4Cl)n3C)co2)c(C)c1. The van der Waals surface area contributed by atoms with Crippen LogP contribution < -0.4 is 4.74 Å². The Hall–Kier alpha value is -2.77. The number of aryl methyl sites for hydroxylation is 2. The summed E-state index contributed by atoms with van der Waals surface area (Å²) in [6, 6.07) is 13.6. The van der Waals surface area contributed by atoms with Crippen LogP contribution in [0.2, 0.25) is 5.02 Å². The Balaban J connectivity index is 1.39. The second kappa shape index (κ2) is 8.93. The Morgan fingerprint density at radius 2 is 1.97 bits per heavy atom. The summed E-state index contributed by atoms with van der Waals surface area (Å²) < 4.78 is 13.4. The van der Waals surface area contributed by atoms with Crippen LogP contribution in [0.5, 0.6) is 5.75 Å². The fourth-order valence-electron chi connectivity index (χ4n) is 2.99. The maximum absolute atomic E-state index is 6.13. The molecule has 0 saturated carbocycles. The van der Waals surface area contributed by atoms with Crippen LogP contribution in [0.1, 0.15) is 22.6 Å². The molecule has 0 unspecified atom stereocenters. The minimum atomic E-state index is 0.286. The molecule has 2 aromatic heterocycles. The van der Waals surface area contributed by atoms with Crippen molar-refractivity contribution in [2.24, 2.45) is 7.05 Å². The first-order chi connectivity index (χ1) is 14.5. The second-order valence-corrected chi connectivity index (χ2v) is 8.28. The molecule has 0 N–H and O–H groups in total. The van der Waals surface area contributed by atoms with Crippen LogP contribution in [0.4, 0.5) is 0 Å². The second-order valence-electron chi connectivity index (χ2n) is 6.93. The van der Waals surface area contributed by atoms with Gasteiger partial charge in [0.05, 0.1) is 10.7 Å². The Bertz CT molecular complexity index is 1170. The Morgan fingerprint density at radius 3 is 2.77 bits per heavy atom. The molecule has 2 heterocycles. The van der Waals surface area contributed by atoms with Crippen molar-refractivity contribution in [3.05, 3.63) is 76.4 Å². The molecule has 0 aliphatic rings. The molecule has 0 saturated heterocycles.